The van der Waals surface area contributed by atoms with Crippen LogP contribution >= 0.6 is 0 Å². The topological polar surface area (TPSA) is 62.7 Å². The molecule has 0 saturated heterocycles. The van der Waals surface area contributed by atoms with Crippen LogP contribution in [0.4, 0.5) is 0 Å². The summed E-state index contributed by atoms with van der Waals surface area (Å²) in [6, 6.07) is 7.72. The van der Waals surface area contributed by atoms with E-state index in [0.29, 0.717) is 18.8 Å². The lowest BCUT2D eigenvalue weighted by atomic mass is 10.0. The molecule has 3 rings (SSSR count). The lowest BCUT2D eigenvalue weighted by Gasteiger charge is -2.21. The van der Waals surface area contributed by atoms with Crippen LogP contribution in [0.3, 0.4) is 0 Å². The van der Waals surface area contributed by atoms with Gasteiger partial charge in [0.25, 0.3) is 0 Å². The molecule has 3 aromatic rings. The first-order valence-corrected chi connectivity index (χ1v) is 7.38. The van der Waals surface area contributed by atoms with Gasteiger partial charge < -0.3 is 19.2 Å². The fraction of sp³-hybridized carbons (Fsp3) is 0.353. The van der Waals surface area contributed by atoms with Crippen molar-refractivity contribution in [3.63, 3.8) is 0 Å². The number of aryl methyl sites for hydroxylation is 2. The molecule has 0 fully saturated rings. The van der Waals surface area contributed by atoms with E-state index in [-0.39, 0.29) is 0 Å². The van der Waals surface area contributed by atoms with Crippen LogP contribution in [0.25, 0.3) is 5.65 Å². The summed E-state index contributed by atoms with van der Waals surface area (Å²) >= 11 is 0. The molecule has 0 aliphatic heterocycles. The summed E-state index contributed by atoms with van der Waals surface area (Å²) in [6.07, 6.45) is 3.92. The second kappa shape index (κ2) is 5.59. The molecule has 5 heteroatoms. The summed E-state index contributed by atoms with van der Waals surface area (Å²) in [7, 11) is 0. The molecule has 2 N–H and O–H groups in total. The Morgan fingerprint density at radius 3 is 2.82 bits per heavy atom. The molecular weight excluding hydrogens is 278 g/mol. The number of imidazole rings is 1. The largest absolute Gasteiger partial charge is 0.463 e. The zero-order chi connectivity index (χ0) is 15.7. The average Bonchev–Trinajstić information content (AvgIpc) is 3.06. The Kier molecular flexibility index (Phi) is 3.76. The summed E-state index contributed by atoms with van der Waals surface area (Å²) in [5, 5.41) is 13.8. The molecule has 0 aliphatic carbocycles. The Morgan fingerprint density at radius 2 is 2.09 bits per heavy atom. The number of hydrogen-bond acceptors (Lipinski definition) is 4. The van der Waals surface area contributed by atoms with Crippen LogP contribution < -0.4 is 5.32 Å². The van der Waals surface area contributed by atoms with Gasteiger partial charge in [-0.2, -0.15) is 0 Å². The van der Waals surface area contributed by atoms with Gasteiger partial charge in [-0.05, 0) is 44.5 Å². The molecule has 0 spiro atoms. The van der Waals surface area contributed by atoms with Gasteiger partial charge >= 0.3 is 0 Å². The van der Waals surface area contributed by atoms with Crippen molar-refractivity contribution in [2.24, 2.45) is 0 Å². The maximum atomic E-state index is 10.5. The van der Waals surface area contributed by atoms with E-state index in [4.69, 9.17) is 4.42 Å². The molecule has 116 valence electrons. The van der Waals surface area contributed by atoms with Crippen molar-refractivity contribution in [1.82, 2.24) is 14.7 Å². The molecule has 0 saturated carbocycles. The fourth-order valence-corrected chi connectivity index (χ4v) is 2.51. The minimum absolute atomic E-state index is 0.402. The molecule has 5 nitrogen and oxygen atoms in total. The number of aliphatic hydroxyl groups is 1. The van der Waals surface area contributed by atoms with Crippen LogP contribution in [0, 0.1) is 13.8 Å². The maximum absolute atomic E-state index is 10.5. The molecule has 0 bridgehead atoms. The predicted molar refractivity (Wildman–Crippen MR) is 84.7 cm³/mol. The van der Waals surface area contributed by atoms with Gasteiger partial charge in [0, 0.05) is 19.3 Å². The summed E-state index contributed by atoms with van der Waals surface area (Å²) in [5.41, 5.74) is 2.13. The Morgan fingerprint density at radius 1 is 1.27 bits per heavy atom. The van der Waals surface area contributed by atoms with Gasteiger partial charge in [0.05, 0.1) is 11.9 Å². The van der Waals surface area contributed by atoms with Gasteiger partial charge in [0.1, 0.15) is 22.8 Å². The van der Waals surface area contributed by atoms with E-state index < -0.39 is 5.60 Å². The highest BCUT2D eigenvalue weighted by Crippen LogP contribution is 2.22. The van der Waals surface area contributed by atoms with E-state index in [1.165, 1.54) is 5.56 Å². The van der Waals surface area contributed by atoms with Gasteiger partial charge in [-0.3, -0.25) is 0 Å². The van der Waals surface area contributed by atoms with Crippen molar-refractivity contribution in [3.05, 3.63) is 59.4 Å². The number of hydrogen-bond donors (Lipinski definition) is 2. The van der Waals surface area contributed by atoms with Crippen LogP contribution in [0.15, 0.2) is 41.1 Å². The molecule has 3 aromatic heterocycles. The van der Waals surface area contributed by atoms with Gasteiger partial charge in [-0.25, -0.2) is 4.98 Å². The SMILES string of the molecule is Cc1ccc2ncc(CNCC(C)(O)c3ccc(C)o3)n2c1. The minimum atomic E-state index is -1.04. The third-order valence-electron chi connectivity index (χ3n) is 3.78. The van der Waals surface area contributed by atoms with Crippen LogP contribution in [0.5, 0.6) is 0 Å². The third-order valence-corrected chi connectivity index (χ3v) is 3.78. The van der Waals surface area contributed by atoms with Crippen LogP contribution in [0.2, 0.25) is 0 Å². The van der Waals surface area contributed by atoms with Gasteiger partial charge in [0.2, 0.25) is 0 Å². The van der Waals surface area contributed by atoms with Gasteiger partial charge in [-0.1, -0.05) is 6.07 Å². The number of rotatable bonds is 5. The molecule has 1 unspecified atom stereocenters. The van der Waals surface area contributed by atoms with Crippen molar-refractivity contribution < 1.29 is 9.52 Å². The van der Waals surface area contributed by atoms with E-state index in [2.05, 4.69) is 27.8 Å². The van der Waals surface area contributed by atoms with Crippen molar-refractivity contribution in [2.45, 2.75) is 32.9 Å². The first kappa shape index (κ1) is 14.8. The molecule has 0 aromatic carbocycles. The lowest BCUT2D eigenvalue weighted by molar-refractivity contribution is 0.0332. The smallest absolute Gasteiger partial charge is 0.136 e. The second-order valence-corrected chi connectivity index (χ2v) is 5.97. The fourth-order valence-electron chi connectivity index (χ4n) is 2.51. The second-order valence-electron chi connectivity index (χ2n) is 5.97. The van der Waals surface area contributed by atoms with Crippen LogP contribution in [0.1, 0.15) is 29.7 Å². The van der Waals surface area contributed by atoms with E-state index in [0.717, 1.165) is 17.1 Å². The van der Waals surface area contributed by atoms with Crippen LogP contribution in [-0.2, 0) is 12.1 Å². The highest BCUT2D eigenvalue weighted by atomic mass is 16.4. The van der Waals surface area contributed by atoms with Gasteiger partial charge in [-0.15, -0.1) is 0 Å². The number of furan rings is 1. The number of fused-ring (bicyclic) bond motifs is 1. The predicted octanol–water partition coefficient (Wildman–Crippen LogP) is 2.54. The first-order chi connectivity index (χ1) is 10.5. The van der Waals surface area contributed by atoms with Gasteiger partial charge in [0.15, 0.2) is 0 Å². The van der Waals surface area contributed by atoms with Crippen molar-refractivity contribution in [3.8, 4) is 0 Å². The lowest BCUT2D eigenvalue weighted by Crippen LogP contribution is -2.35. The van der Waals surface area contributed by atoms with Crippen molar-refractivity contribution in [2.75, 3.05) is 6.54 Å². The molecular formula is C17H21N3O2. The molecule has 0 amide bonds. The van der Waals surface area contributed by atoms with E-state index >= 15 is 0 Å². The molecule has 0 aliphatic rings. The summed E-state index contributed by atoms with van der Waals surface area (Å²) in [5.74, 6) is 1.37. The molecule has 1 atom stereocenters. The molecule has 3 heterocycles. The number of aromatic nitrogens is 2. The van der Waals surface area contributed by atoms with Crippen molar-refractivity contribution >= 4 is 5.65 Å². The minimum Gasteiger partial charge on any atom is -0.463 e. The Balaban J connectivity index is 1.68. The zero-order valence-corrected chi connectivity index (χ0v) is 13.1. The van der Waals surface area contributed by atoms with E-state index in [1.807, 2.05) is 37.4 Å². The third kappa shape index (κ3) is 2.91. The van der Waals surface area contributed by atoms with E-state index in [1.54, 1.807) is 6.92 Å². The Labute approximate surface area is 129 Å². The normalized spacial score (nSPS) is 14.4. The highest BCUT2D eigenvalue weighted by Gasteiger charge is 2.26. The van der Waals surface area contributed by atoms with E-state index in [9.17, 15) is 5.11 Å². The number of nitrogens with one attached hydrogen (secondary N) is 1. The number of nitrogens with zero attached hydrogens (tertiary/aromatic N) is 2. The first-order valence-electron chi connectivity index (χ1n) is 7.38. The summed E-state index contributed by atoms with van der Waals surface area (Å²) in [6.45, 7) is 6.70. The molecule has 0 radical (unpaired) electrons. The van der Waals surface area contributed by atoms with Crippen molar-refractivity contribution in [1.29, 1.82) is 0 Å². The Bertz CT molecular complexity index is 786. The summed E-state index contributed by atoms with van der Waals surface area (Å²) < 4.78 is 7.58. The monoisotopic (exact) mass is 299 g/mol. The standard InChI is InChI=1S/C17H21N3O2/c1-12-4-7-16-19-9-14(20(16)10-12)8-18-11-17(3,21)15-6-5-13(2)22-15/h4-7,9-10,18,21H,8,11H2,1-3H3. The summed E-state index contributed by atoms with van der Waals surface area (Å²) in [4.78, 5) is 4.38. The zero-order valence-electron chi connectivity index (χ0n) is 13.1. The highest BCUT2D eigenvalue weighted by molar-refractivity contribution is 5.41. The quantitative estimate of drug-likeness (QED) is 0.760. The number of pyridine rings is 1. The maximum Gasteiger partial charge on any atom is 0.136 e. The average molecular weight is 299 g/mol. The Hall–Kier alpha value is -2.11. The molecule has 22 heavy (non-hydrogen) atoms. The van der Waals surface area contributed by atoms with Crippen LogP contribution in [-0.4, -0.2) is 21.0 Å².